The molecule has 4 aromatic rings. The van der Waals surface area contributed by atoms with Crippen molar-refractivity contribution >= 4 is 39.9 Å². The first-order chi connectivity index (χ1) is 20.8. The number of hydrogen-bond acceptors (Lipinski definition) is 7. The van der Waals surface area contributed by atoms with E-state index in [4.69, 9.17) is 25.8 Å². The van der Waals surface area contributed by atoms with E-state index in [0.29, 0.717) is 52.4 Å². The molecule has 0 aliphatic carbocycles. The molecule has 216 valence electrons. The molecule has 3 aliphatic rings. The van der Waals surface area contributed by atoms with Crippen molar-refractivity contribution in [2.75, 3.05) is 11.5 Å². The number of ether oxygens (including phenoxy) is 3. The fourth-order valence-corrected chi connectivity index (χ4v) is 7.30. The van der Waals surface area contributed by atoms with Gasteiger partial charge in [-0.1, -0.05) is 66.2 Å². The van der Waals surface area contributed by atoms with Crippen molar-refractivity contribution in [1.29, 1.82) is 5.26 Å². The maximum atomic E-state index is 14.3. The van der Waals surface area contributed by atoms with Crippen LogP contribution in [0.25, 0.3) is 10.8 Å². The molecule has 5 unspecified atom stereocenters. The predicted octanol–water partition coefficient (Wildman–Crippen LogP) is 5.85. The number of imide groups is 1. The summed E-state index contributed by atoms with van der Waals surface area (Å²) in [6.07, 6.45) is 1.89. The first-order valence-electron chi connectivity index (χ1n) is 14.2. The van der Waals surface area contributed by atoms with Crippen LogP contribution in [0.1, 0.15) is 30.9 Å². The van der Waals surface area contributed by atoms with Crippen LogP contribution in [-0.2, 0) is 25.7 Å². The molecule has 2 amide bonds. The van der Waals surface area contributed by atoms with Crippen LogP contribution in [0.5, 0.6) is 5.88 Å². The zero-order valence-corrected chi connectivity index (χ0v) is 24.2. The number of carbonyl (C=O) groups is 2. The lowest BCUT2D eigenvalue weighted by atomic mass is 9.66. The normalized spacial score (nSPS) is 27.5. The summed E-state index contributed by atoms with van der Waals surface area (Å²) in [6, 6.07) is 26.1. The number of aromatic nitrogens is 1. The number of pyridine rings is 1. The zero-order chi connectivity index (χ0) is 29.8. The molecule has 3 aliphatic heterocycles. The second kappa shape index (κ2) is 10.5. The summed E-state index contributed by atoms with van der Waals surface area (Å²) in [4.78, 5) is 34.2. The van der Waals surface area contributed by atoms with Gasteiger partial charge in [0.25, 0.3) is 0 Å². The number of hydrogen-bond donors (Lipinski definition) is 0. The first-order valence-corrected chi connectivity index (χ1v) is 14.6. The van der Waals surface area contributed by atoms with Crippen molar-refractivity contribution in [3.05, 3.63) is 101 Å². The number of halogens is 1. The van der Waals surface area contributed by atoms with E-state index < -0.39 is 29.1 Å². The Morgan fingerprint density at radius 2 is 1.74 bits per heavy atom. The van der Waals surface area contributed by atoms with Crippen LogP contribution >= 0.6 is 11.6 Å². The number of benzene rings is 3. The third-order valence-electron chi connectivity index (χ3n) is 9.12. The zero-order valence-electron chi connectivity index (χ0n) is 23.4. The average molecular weight is 594 g/mol. The van der Waals surface area contributed by atoms with Crippen molar-refractivity contribution in [2.24, 2.45) is 11.8 Å². The minimum absolute atomic E-state index is 0.223. The minimum atomic E-state index is -1.03. The van der Waals surface area contributed by atoms with Crippen LogP contribution in [0.3, 0.4) is 0 Å². The predicted molar refractivity (Wildman–Crippen MR) is 159 cm³/mol. The molecule has 0 saturated carbocycles. The van der Waals surface area contributed by atoms with Gasteiger partial charge in [-0.3, -0.25) is 9.59 Å². The van der Waals surface area contributed by atoms with Crippen LogP contribution in [0, 0.1) is 23.2 Å². The Labute approximate surface area is 253 Å². The van der Waals surface area contributed by atoms with Gasteiger partial charge in [-0.15, -0.1) is 0 Å². The highest BCUT2D eigenvalue weighted by Gasteiger charge is 2.77. The number of fused-ring (bicyclic) bond motifs is 6. The Morgan fingerprint density at radius 1 is 1.00 bits per heavy atom. The number of anilines is 1. The van der Waals surface area contributed by atoms with E-state index >= 15 is 0 Å². The van der Waals surface area contributed by atoms with E-state index in [1.54, 1.807) is 24.3 Å². The number of carbonyl (C=O) groups excluding carboxylic acids is 2. The largest absolute Gasteiger partial charge is 0.478 e. The van der Waals surface area contributed by atoms with Crippen molar-refractivity contribution in [2.45, 2.75) is 43.7 Å². The molecule has 1 aromatic heterocycles. The van der Waals surface area contributed by atoms with Crippen molar-refractivity contribution in [3.8, 4) is 11.9 Å². The molecule has 43 heavy (non-hydrogen) atoms. The van der Waals surface area contributed by atoms with Crippen LogP contribution in [0.15, 0.2) is 85.1 Å². The lowest BCUT2D eigenvalue weighted by Crippen LogP contribution is -2.50. The maximum absolute atomic E-state index is 14.3. The number of nitriles is 1. The van der Waals surface area contributed by atoms with E-state index in [2.05, 4.69) is 11.1 Å². The summed E-state index contributed by atoms with van der Waals surface area (Å²) < 4.78 is 19.2. The summed E-state index contributed by atoms with van der Waals surface area (Å²) in [7, 11) is 0. The molecular formula is C34H28ClN3O5. The van der Waals surface area contributed by atoms with Gasteiger partial charge in [0.05, 0.1) is 59.1 Å². The van der Waals surface area contributed by atoms with Crippen molar-refractivity contribution < 1.29 is 23.8 Å². The van der Waals surface area contributed by atoms with Crippen LogP contribution in [0.4, 0.5) is 5.69 Å². The molecule has 3 fully saturated rings. The van der Waals surface area contributed by atoms with E-state index in [0.717, 1.165) is 5.56 Å². The highest BCUT2D eigenvalue weighted by Crippen LogP contribution is 2.63. The summed E-state index contributed by atoms with van der Waals surface area (Å²) in [5.74, 6) is -1.66. The fourth-order valence-electron chi connectivity index (χ4n) is 7.19. The van der Waals surface area contributed by atoms with Crippen LogP contribution < -0.4 is 9.64 Å². The molecule has 0 radical (unpaired) electrons. The average Bonchev–Trinajstić information content (AvgIpc) is 3.58. The molecular weight excluding hydrogens is 566 g/mol. The maximum Gasteiger partial charge on any atom is 0.240 e. The van der Waals surface area contributed by atoms with E-state index in [1.165, 1.54) is 11.1 Å². The van der Waals surface area contributed by atoms with Gasteiger partial charge in [-0.2, -0.15) is 5.26 Å². The summed E-state index contributed by atoms with van der Waals surface area (Å²) >= 11 is 5.97. The number of rotatable bonds is 8. The van der Waals surface area contributed by atoms with E-state index in [9.17, 15) is 14.9 Å². The van der Waals surface area contributed by atoms with Gasteiger partial charge in [0.15, 0.2) is 0 Å². The topological polar surface area (TPSA) is 102 Å². The number of amides is 2. The lowest BCUT2D eigenvalue weighted by Gasteiger charge is -2.36. The van der Waals surface area contributed by atoms with Crippen molar-refractivity contribution in [1.82, 2.24) is 4.98 Å². The molecule has 0 spiro atoms. The molecule has 2 bridgehead atoms. The van der Waals surface area contributed by atoms with Gasteiger partial charge in [-0.05, 0) is 30.7 Å². The Morgan fingerprint density at radius 3 is 2.49 bits per heavy atom. The van der Waals surface area contributed by atoms with E-state index in [-0.39, 0.29) is 18.4 Å². The quantitative estimate of drug-likeness (QED) is 0.236. The van der Waals surface area contributed by atoms with Crippen molar-refractivity contribution in [3.63, 3.8) is 0 Å². The Bertz CT molecular complexity index is 1770. The molecule has 5 atom stereocenters. The number of nitrogens with zero attached hydrogens (tertiary/aromatic N) is 3. The standard InChI is InChI=1S/C34H28ClN3O5/c1-33-27(42-20-21-7-3-2-4-8-21)17-34(43-33,15-16-41-28-14-12-23(35)19-37-28)30-29(33)31(39)38(32(30)40)26-13-11-22(18-36)24-9-5-6-10-25(24)26/h2-14,19,27,29-30H,15-17,20H2,1H3. The van der Waals surface area contributed by atoms with Gasteiger partial charge < -0.3 is 14.2 Å². The molecule has 4 heterocycles. The summed E-state index contributed by atoms with van der Waals surface area (Å²) in [5.41, 5.74) is -0.0386. The molecule has 3 saturated heterocycles. The molecule has 9 heteroatoms. The Kier molecular flexibility index (Phi) is 6.70. The second-order valence-electron chi connectivity index (χ2n) is 11.5. The Balaban J connectivity index is 1.24. The monoisotopic (exact) mass is 593 g/mol. The van der Waals surface area contributed by atoms with Crippen LogP contribution in [0.2, 0.25) is 5.02 Å². The van der Waals surface area contributed by atoms with Gasteiger partial charge in [0.2, 0.25) is 17.7 Å². The molecule has 3 aromatic carbocycles. The SMILES string of the molecule is CC12OC(CCOc3ccc(Cl)cn3)(CC1OCc1ccccc1)C1C(=O)N(c3ccc(C#N)c4ccccc34)C(=O)C12. The summed E-state index contributed by atoms with van der Waals surface area (Å²) in [6.45, 7) is 2.47. The van der Waals surface area contributed by atoms with Gasteiger partial charge in [-0.25, -0.2) is 9.88 Å². The molecule has 7 rings (SSSR count). The minimum Gasteiger partial charge on any atom is -0.478 e. The third-order valence-corrected chi connectivity index (χ3v) is 9.34. The van der Waals surface area contributed by atoms with Crippen LogP contribution in [-0.4, -0.2) is 40.7 Å². The smallest absolute Gasteiger partial charge is 0.240 e. The van der Waals surface area contributed by atoms with E-state index in [1.807, 2.05) is 61.5 Å². The lowest BCUT2D eigenvalue weighted by molar-refractivity contribution is -0.137. The first kappa shape index (κ1) is 27.5. The fraction of sp³-hybridized carbons (Fsp3) is 0.294. The summed E-state index contributed by atoms with van der Waals surface area (Å²) in [5, 5.41) is 11.5. The van der Waals surface area contributed by atoms with Gasteiger partial charge in [0, 0.05) is 35.9 Å². The second-order valence-corrected chi connectivity index (χ2v) is 11.9. The highest BCUT2D eigenvalue weighted by atomic mass is 35.5. The van der Waals surface area contributed by atoms with Gasteiger partial charge >= 0.3 is 0 Å². The third kappa shape index (κ3) is 4.39. The molecule has 0 N–H and O–H groups in total. The Hall–Kier alpha value is -4.29. The highest BCUT2D eigenvalue weighted by molar-refractivity contribution is 6.30. The molecule has 8 nitrogen and oxygen atoms in total. The van der Waals surface area contributed by atoms with Gasteiger partial charge in [0.1, 0.15) is 5.60 Å².